The largest absolute Gasteiger partial charge is 0.434 e. The van der Waals surface area contributed by atoms with E-state index in [1.54, 1.807) is 19.2 Å². The molecule has 1 fully saturated rings. The van der Waals surface area contributed by atoms with Crippen molar-refractivity contribution in [2.24, 2.45) is 0 Å². The van der Waals surface area contributed by atoms with Crippen molar-refractivity contribution in [3.05, 3.63) is 47.5 Å². The van der Waals surface area contributed by atoms with E-state index < -0.39 is 38.5 Å². The van der Waals surface area contributed by atoms with Gasteiger partial charge >= 0.3 is 6.18 Å². The molecule has 1 saturated carbocycles. The van der Waals surface area contributed by atoms with Crippen molar-refractivity contribution in [2.45, 2.75) is 43.5 Å². The SMILES string of the molecule is CC(C)(C(=O)Nc1ccc(-c2cncc(C(F)(F)F)n2)cn1)c1csc(NS(=O)(=O)C2CC2)n1. The highest BCUT2D eigenvalue weighted by Gasteiger charge is 2.37. The lowest BCUT2D eigenvalue weighted by molar-refractivity contribution is -0.141. The Hall–Kier alpha value is -3.13. The number of pyridine rings is 1. The van der Waals surface area contributed by atoms with Gasteiger partial charge in [0.05, 0.1) is 34.4 Å². The summed E-state index contributed by atoms with van der Waals surface area (Å²) in [5, 5.41) is 4.04. The molecule has 180 valence electrons. The summed E-state index contributed by atoms with van der Waals surface area (Å²) < 4.78 is 65.2. The van der Waals surface area contributed by atoms with Gasteiger partial charge in [-0.1, -0.05) is 0 Å². The maximum Gasteiger partial charge on any atom is 0.434 e. The molecule has 9 nitrogen and oxygen atoms in total. The number of thiazole rings is 1. The normalized spacial score (nSPS) is 14.6. The Bertz CT molecular complexity index is 1320. The van der Waals surface area contributed by atoms with Crippen LogP contribution >= 0.6 is 11.3 Å². The second-order valence-corrected chi connectivity index (χ2v) is 11.0. The van der Waals surface area contributed by atoms with Crippen LogP contribution in [0.2, 0.25) is 0 Å². The van der Waals surface area contributed by atoms with Gasteiger partial charge in [0.15, 0.2) is 10.8 Å². The fourth-order valence-electron chi connectivity index (χ4n) is 2.84. The number of alkyl halides is 3. The van der Waals surface area contributed by atoms with E-state index in [0.29, 0.717) is 30.3 Å². The zero-order valence-corrected chi connectivity index (χ0v) is 19.6. The zero-order chi connectivity index (χ0) is 24.7. The summed E-state index contributed by atoms with van der Waals surface area (Å²) in [5.74, 6) is -0.278. The van der Waals surface area contributed by atoms with E-state index in [4.69, 9.17) is 0 Å². The summed E-state index contributed by atoms with van der Waals surface area (Å²) in [6.07, 6.45) is -0.288. The Balaban J connectivity index is 1.45. The van der Waals surface area contributed by atoms with Gasteiger partial charge in [-0.25, -0.2) is 23.4 Å². The fraction of sp³-hybridized carbons (Fsp3) is 0.350. The number of halogens is 3. The minimum Gasteiger partial charge on any atom is -0.310 e. The molecule has 0 bridgehead atoms. The summed E-state index contributed by atoms with van der Waals surface area (Å²) in [5.41, 5.74) is -1.58. The molecule has 34 heavy (non-hydrogen) atoms. The second kappa shape index (κ2) is 8.58. The van der Waals surface area contributed by atoms with E-state index in [1.165, 1.54) is 24.5 Å². The van der Waals surface area contributed by atoms with Crippen molar-refractivity contribution in [2.75, 3.05) is 10.0 Å². The molecule has 2 N–H and O–H groups in total. The molecule has 14 heteroatoms. The Kier molecular flexibility index (Phi) is 6.06. The number of rotatable bonds is 7. The number of amides is 1. The molecule has 0 aliphatic heterocycles. The first-order chi connectivity index (χ1) is 15.9. The smallest absolute Gasteiger partial charge is 0.310 e. The van der Waals surface area contributed by atoms with Crippen molar-refractivity contribution in [1.29, 1.82) is 0 Å². The van der Waals surface area contributed by atoms with Crippen LogP contribution in [-0.4, -0.2) is 39.5 Å². The van der Waals surface area contributed by atoms with Crippen molar-refractivity contribution in [3.8, 4) is 11.3 Å². The quantitative estimate of drug-likeness (QED) is 0.493. The Morgan fingerprint density at radius 2 is 1.82 bits per heavy atom. The predicted molar refractivity (Wildman–Crippen MR) is 120 cm³/mol. The molecule has 1 aliphatic rings. The van der Waals surface area contributed by atoms with Crippen LogP contribution in [0.4, 0.5) is 24.1 Å². The van der Waals surface area contributed by atoms with Crippen LogP contribution in [0, 0.1) is 0 Å². The first-order valence-electron chi connectivity index (χ1n) is 10.0. The molecule has 3 heterocycles. The molecule has 0 atom stereocenters. The average Bonchev–Trinajstić information content (AvgIpc) is 3.54. The molecule has 0 saturated heterocycles. The van der Waals surface area contributed by atoms with Gasteiger partial charge < -0.3 is 5.32 Å². The van der Waals surface area contributed by atoms with E-state index >= 15 is 0 Å². The standard InChI is InChI=1S/C20H19F3N6O3S2/c1-19(2,15-10-33-18(27-15)29-34(31,32)12-4-5-12)17(30)28-16-6-3-11(7-25-16)13-8-24-9-14(26-13)20(21,22)23/h3,6-10,12H,4-5H2,1-2H3,(H,27,29)(H,25,28,30). The van der Waals surface area contributed by atoms with Crippen molar-refractivity contribution >= 4 is 38.2 Å². The van der Waals surface area contributed by atoms with Gasteiger partial charge in [-0.15, -0.1) is 11.3 Å². The molecular formula is C20H19F3N6O3S2. The first kappa shape index (κ1) is 24.0. The van der Waals surface area contributed by atoms with E-state index in [-0.39, 0.29) is 16.6 Å². The van der Waals surface area contributed by atoms with Crippen LogP contribution in [0.5, 0.6) is 0 Å². The zero-order valence-electron chi connectivity index (χ0n) is 17.9. The average molecular weight is 513 g/mol. The van der Waals surface area contributed by atoms with E-state index in [0.717, 1.165) is 11.3 Å². The van der Waals surface area contributed by atoms with Gasteiger partial charge in [0.2, 0.25) is 15.9 Å². The molecule has 1 amide bonds. The predicted octanol–water partition coefficient (Wildman–Crippen LogP) is 3.83. The maximum atomic E-state index is 12.9. The van der Waals surface area contributed by atoms with Gasteiger partial charge in [-0.05, 0) is 38.8 Å². The number of hydrogen-bond donors (Lipinski definition) is 2. The number of carbonyl (C=O) groups excluding carboxylic acids is 1. The number of aromatic nitrogens is 4. The number of anilines is 2. The Morgan fingerprint density at radius 3 is 2.44 bits per heavy atom. The number of hydrogen-bond acceptors (Lipinski definition) is 8. The number of nitrogens with zero attached hydrogens (tertiary/aromatic N) is 4. The lowest BCUT2D eigenvalue weighted by atomic mass is 9.89. The van der Waals surface area contributed by atoms with Crippen LogP contribution in [0.1, 0.15) is 38.1 Å². The number of carbonyl (C=O) groups is 1. The van der Waals surface area contributed by atoms with Crippen LogP contribution in [0.15, 0.2) is 36.1 Å². The van der Waals surface area contributed by atoms with Crippen LogP contribution in [0.3, 0.4) is 0 Å². The summed E-state index contributed by atoms with van der Waals surface area (Å²) in [6, 6.07) is 2.90. The molecule has 3 aromatic rings. The molecule has 0 unspecified atom stereocenters. The molecule has 0 spiro atoms. The molecule has 3 aromatic heterocycles. The van der Waals surface area contributed by atoms with Crippen molar-refractivity contribution in [1.82, 2.24) is 19.9 Å². The Labute approximate surface area is 196 Å². The van der Waals surface area contributed by atoms with Gasteiger partial charge in [0, 0.05) is 17.1 Å². The number of nitrogens with one attached hydrogen (secondary N) is 2. The first-order valence-corrected chi connectivity index (χ1v) is 12.4. The monoisotopic (exact) mass is 512 g/mol. The van der Waals surface area contributed by atoms with Crippen molar-refractivity contribution in [3.63, 3.8) is 0 Å². The van der Waals surface area contributed by atoms with E-state index in [9.17, 15) is 26.4 Å². The topological polar surface area (TPSA) is 127 Å². The lowest BCUT2D eigenvalue weighted by Crippen LogP contribution is -2.35. The molecule has 0 radical (unpaired) electrons. The maximum absolute atomic E-state index is 12.9. The summed E-state index contributed by atoms with van der Waals surface area (Å²) in [6.45, 7) is 3.26. The van der Waals surface area contributed by atoms with Gasteiger partial charge in [0.1, 0.15) is 5.82 Å². The lowest BCUT2D eigenvalue weighted by Gasteiger charge is -2.21. The van der Waals surface area contributed by atoms with E-state index in [2.05, 4.69) is 30.0 Å². The number of sulfonamides is 1. The van der Waals surface area contributed by atoms with Crippen LogP contribution in [-0.2, 0) is 26.4 Å². The minimum absolute atomic E-state index is 0.0100. The van der Waals surface area contributed by atoms with Crippen molar-refractivity contribution < 1.29 is 26.4 Å². The highest BCUT2D eigenvalue weighted by molar-refractivity contribution is 7.93. The highest BCUT2D eigenvalue weighted by atomic mass is 32.2. The molecule has 1 aliphatic carbocycles. The second-order valence-electron chi connectivity index (χ2n) is 8.18. The van der Waals surface area contributed by atoms with Crippen LogP contribution in [0.25, 0.3) is 11.3 Å². The molecular weight excluding hydrogens is 493 g/mol. The summed E-state index contributed by atoms with van der Waals surface area (Å²) in [4.78, 5) is 28.4. The van der Waals surface area contributed by atoms with Gasteiger partial charge in [-0.2, -0.15) is 13.2 Å². The highest BCUT2D eigenvalue weighted by Crippen LogP contribution is 2.33. The summed E-state index contributed by atoms with van der Waals surface area (Å²) >= 11 is 1.08. The summed E-state index contributed by atoms with van der Waals surface area (Å²) in [7, 11) is -3.46. The third-order valence-electron chi connectivity index (χ3n) is 5.13. The fourth-order valence-corrected chi connectivity index (χ4v) is 5.32. The molecule has 4 rings (SSSR count). The van der Waals surface area contributed by atoms with Gasteiger partial charge in [0.25, 0.3) is 0 Å². The Morgan fingerprint density at radius 1 is 1.09 bits per heavy atom. The molecule has 0 aromatic carbocycles. The van der Waals surface area contributed by atoms with Gasteiger partial charge in [-0.3, -0.25) is 14.5 Å². The minimum atomic E-state index is -4.62. The van der Waals surface area contributed by atoms with E-state index in [1.807, 2.05) is 0 Å². The van der Waals surface area contributed by atoms with Crippen LogP contribution < -0.4 is 10.0 Å². The third kappa shape index (κ3) is 5.17. The third-order valence-corrected chi connectivity index (χ3v) is 7.84.